The fraction of sp³-hybridized carbons (Fsp3) is 0.941. The van der Waals surface area contributed by atoms with Gasteiger partial charge in [0.15, 0.2) is 0 Å². The Bertz CT molecular complexity index is 381. The smallest absolute Gasteiger partial charge is 0.410 e. The lowest BCUT2D eigenvalue weighted by Gasteiger charge is -2.36. The van der Waals surface area contributed by atoms with Gasteiger partial charge in [-0.05, 0) is 59.5 Å². The van der Waals surface area contributed by atoms with Crippen LogP contribution in [0.1, 0.15) is 47.0 Å². The molecule has 5 heteroatoms. The third-order valence-electron chi connectivity index (χ3n) is 4.73. The van der Waals surface area contributed by atoms with E-state index in [1.807, 2.05) is 25.7 Å². The van der Waals surface area contributed by atoms with E-state index in [1.54, 1.807) is 0 Å². The first-order chi connectivity index (χ1) is 10.3. The minimum atomic E-state index is -0.417. The summed E-state index contributed by atoms with van der Waals surface area (Å²) in [5, 5.41) is 3.71. The van der Waals surface area contributed by atoms with Gasteiger partial charge >= 0.3 is 6.09 Å². The third-order valence-corrected chi connectivity index (χ3v) is 4.73. The number of ether oxygens (including phenoxy) is 1. The molecule has 0 aliphatic carbocycles. The van der Waals surface area contributed by atoms with Gasteiger partial charge in [0.2, 0.25) is 0 Å². The number of amides is 1. The number of hydrogen-bond donors (Lipinski definition) is 1. The SMILES string of the molecule is CC1CN(C)CCC1NCC1CCCN1C(=O)OC(C)(C)C. The minimum Gasteiger partial charge on any atom is -0.444 e. The highest BCUT2D eigenvalue weighted by Gasteiger charge is 2.33. The van der Waals surface area contributed by atoms with Gasteiger partial charge in [-0.1, -0.05) is 6.92 Å². The maximum Gasteiger partial charge on any atom is 0.410 e. The molecule has 2 aliphatic heterocycles. The number of hydrogen-bond acceptors (Lipinski definition) is 4. The van der Waals surface area contributed by atoms with E-state index in [0.717, 1.165) is 39.0 Å². The van der Waals surface area contributed by atoms with Gasteiger partial charge < -0.3 is 19.9 Å². The number of nitrogens with one attached hydrogen (secondary N) is 1. The second kappa shape index (κ2) is 7.18. The van der Waals surface area contributed by atoms with Crippen LogP contribution < -0.4 is 5.32 Å². The van der Waals surface area contributed by atoms with Crippen molar-refractivity contribution in [3.63, 3.8) is 0 Å². The van der Waals surface area contributed by atoms with Gasteiger partial charge in [-0.2, -0.15) is 0 Å². The Kier molecular flexibility index (Phi) is 5.72. The molecule has 5 nitrogen and oxygen atoms in total. The lowest BCUT2D eigenvalue weighted by atomic mass is 9.94. The first-order valence-corrected chi connectivity index (χ1v) is 8.68. The Morgan fingerprint density at radius 3 is 2.64 bits per heavy atom. The molecule has 128 valence electrons. The van der Waals surface area contributed by atoms with Crippen molar-refractivity contribution in [2.75, 3.05) is 33.2 Å². The number of likely N-dealkylation sites (tertiary alicyclic amines) is 2. The van der Waals surface area contributed by atoms with Crippen LogP contribution in [0, 0.1) is 5.92 Å². The van der Waals surface area contributed by atoms with Crippen molar-refractivity contribution in [3.8, 4) is 0 Å². The Morgan fingerprint density at radius 1 is 1.27 bits per heavy atom. The Balaban J connectivity index is 1.82. The van der Waals surface area contributed by atoms with Crippen molar-refractivity contribution in [3.05, 3.63) is 0 Å². The molecule has 0 spiro atoms. The van der Waals surface area contributed by atoms with E-state index in [9.17, 15) is 4.79 Å². The number of nitrogens with zero attached hydrogens (tertiary/aromatic N) is 2. The molecule has 3 unspecified atom stereocenters. The standard InChI is InChI=1S/C17H33N3O2/c1-13-12-19(5)10-8-15(13)18-11-14-7-6-9-20(14)16(21)22-17(2,3)4/h13-15,18H,6-12H2,1-5H3. The topological polar surface area (TPSA) is 44.8 Å². The summed E-state index contributed by atoms with van der Waals surface area (Å²) in [5.41, 5.74) is -0.417. The summed E-state index contributed by atoms with van der Waals surface area (Å²) in [7, 11) is 2.19. The van der Waals surface area contributed by atoms with Gasteiger partial charge in [0.1, 0.15) is 5.60 Å². The van der Waals surface area contributed by atoms with E-state index in [1.165, 1.54) is 6.42 Å². The number of rotatable bonds is 3. The van der Waals surface area contributed by atoms with Crippen molar-refractivity contribution in [1.82, 2.24) is 15.1 Å². The Labute approximate surface area is 135 Å². The predicted octanol–water partition coefficient (Wildman–Crippen LogP) is 2.32. The molecular formula is C17H33N3O2. The van der Waals surface area contributed by atoms with Crippen molar-refractivity contribution >= 4 is 6.09 Å². The zero-order valence-electron chi connectivity index (χ0n) is 14.9. The molecule has 0 bridgehead atoms. The fourth-order valence-electron chi connectivity index (χ4n) is 3.55. The second-order valence-electron chi connectivity index (χ2n) is 8.01. The highest BCUT2D eigenvalue weighted by atomic mass is 16.6. The third kappa shape index (κ3) is 4.85. The van der Waals surface area contributed by atoms with E-state index in [-0.39, 0.29) is 12.1 Å². The minimum absolute atomic E-state index is 0.159. The van der Waals surface area contributed by atoms with Gasteiger partial charge in [0.05, 0.1) is 0 Å². The van der Waals surface area contributed by atoms with Crippen LogP contribution in [0.4, 0.5) is 4.79 Å². The number of carbonyl (C=O) groups excluding carboxylic acids is 1. The summed E-state index contributed by atoms with van der Waals surface area (Å²) < 4.78 is 5.53. The molecule has 0 aromatic rings. The van der Waals surface area contributed by atoms with Crippen LogP contribution in [0.3, 0.4) is 0 Å². The average Bonchev–Trinajstić information content (AvgIpc) is 2.84. The summed E-state index contributed by atoms with van der Waals surface area (Å²) in [6, 6.07) is 0.846. The molecule has 1 amide bonds. The van der Waals surface area contributed by atoms with E-state index in [4.69, 9.17) is 4.74 Å². The highest BCUT2D eigenvalue weighted by Crippen LogP contribution is 2.21. The molecule has 0 aromatic heterocycles. The lowest BCUT2D eigenvalue weighted by Crippen LogP contribution is -2.51. The first kappa shape index (κ1) is 17.5. The van der Waals surface area contributed by atoms with Crippen molar-refractivity contribution in [2.24, 2.45) is 5.92 Å². The highest BCUT2D eigenvalue weighted by molar-refractivity contribution is 5.69. The second-order valence-corrected chi connectivity index (χ2v) is 8.01. The van der Waals surface area contributed by atoms with Crippen LogP contribution in [0.15, 0.2) is 0 Å². The summed E-state index contributed by atoms with van der Waals surface area (Å²) in [6.07, 6.45) is 3.19. The molecule has 2 saturated heterocycles. The molecule has 2 rings (SSSR count). The molecule has 2 heterocycles. The molecule has 2 aliphatic rings. The zero-order chi connectivity index (χ0) is 16.3. The molecule has 0 radical (unpaired) electrons. The van der Waals surface area contributed by atoms with Gasteiger partial charge in [-0.15, -0.1) is 0 Å². The van der Waals surface area contributed by atoms with Crippen molar-refractivity contribution < 1.29 is 9.53 Å². The van der Waals surface area contributed by atoms with Gasteiger partial charge in [-0.3, -0.25) is 0 Å². The Hall–Kier alpha value is -0.810. The molecular weight excluding hydrogens is 278 g/mol. The summed E-state index contributed by atoms with van der Waals surface area (Å²) in [6.45, 7) is 12.1. The normalized spacial score (nSPS) is 30.6. The largest absolute Gasteiger partial charge is 0.444 e. The van der Waals surface area contributed by atoms with Gasteiger partial charge in [0, 0.05) is 31.7 Å². The Morgan fingerprint density at radius 2 is 2.00 bits per heavy atom. The summed E-state index contributed by atoms with van der Waals surface area (Å²) >= 11 is 0. The van der Waals surface area contributed by atoms with Gasteiger partial charge in [0.25, 0.3) is 0 Å². The quantitative estimate of drug-likeness (QED) is 0.869. The molecule has 3 atom stereocenters. The summed E-state index contributed by atoms with van der Waals surface area (Å²) in [4.78, 5) is 16.6. The van der Waals surface area contributed by atoms with E-state index in [0.29, 0.717) is 12.0 Å². The van der Waals surface area contributed by atoms with Crippen molar-refractivity contribution in [2.45, 2.75) is 64.6 Å². The molecule has 22 heavy (non-hydrogen) atoms. The van der Waals surface area contributed by atoms with Gasteiger partial charge in [-0.25, -0.2) is 4.79 Å². The van der Waals surface area contributed by atoms with E-state index < -0.39 is 5.60 Å². The lowest BCUT2D eigenvalue weighted by molar-refractivity contribution is 0.0221. The molecule has 2 fully saturated rings. The van der Waals surface area contributed by atoms with Crippen LogP contribution in [0.2, 0.25) is 0 Å². The number of carbonyl (C=O) groups is 1. The van der Waals surface area contributed by atoms with Crippen LogP contribution in [-0.4, -0.2) is 66.8 Å². The maximum atomic E-state index is 12.3. The van der Waals surface area contributed by atoms with E-state index in [2.05, 4.69) is 24.2 Å². The van der Waals surface area contributed by atoms with Crippen molar-refractivity contribution in [1.29, 1.82) is 0 Å². The zero-order valence-corrected chi connectivity index (χ0v) is 14.9. The van der Waals surface area contributed by atoms with E-state index >= 15 is 0 Å². The maximum absolute atomic E-state index is 12.3. The molecule has 1 N–H and O–H groups in total. The first-order valence-electron chi connectivity index (χ1n) is 8.68. The average molecular weight is 311 g/mol. The summed E-state index contributed by atoms with van der Waals surface area (Å²) in [5.74, 6) is 0.662. The van der Waals surface area contributed by atoms with Crippen LogP contribution in [0.25, 0.3) is 0 Å². The number of piperidine rings is 1. The fourth-order valence-corrected chi connectivity index (χ4v) is 3.55. The predicted molar refractivity (Wildman–Crippen MR) is 89.0 cm³/mol. The monoisotopic (exact) mass is 311 g/mol. The molecule has 0 saturated carbocycles. The van der Waals surface area contributed by atoms with Crippen LogP contribution in [0.5, 0.6) is 0 Å². The van der Waals surface area contributed by atoms with Crippen LogP contribution >= 0.6 is 0 Å². The van der Waals surface area contributed by atoms with Crippen LogP contribution in [-0.2, 0) is 4.74 Å². The molecule has 0 aromatic carbocycles.